The maximum Gasteiger partial charge on any atom is 0.408 e. The van der Waals surface area contributed by atoms with Crippen molar-refractivity contribution in [2.45, 2.75) is 51.8 Å². The molecule has 0 spiro atoms. The van der Waals surface area contributed by atoms with Crippen molar-refractivity contribution in [1.29, 1.82) is 0 Å². The molecule has 1 amide bonds. The number of nitrogens with zero attached hydrogens (tertiary/aromatic N) is 1. The van der Waals surface area contributed by atoms with Gasteiger partial charge >= 0.3 is 6.09 Å². The first kappa shape index (κ1) is 18.5. The van der Waals surface area contributed by atoms with E-state index in [1.165, 1.54) is 4.90 Å². The summed E-state index contributed by atoms with van der Waals surface area (Å²) in [6.45, 7) is 8.60. The molecule has 0 aliphatic heterocycles. The van der Waals surface area contributed by atoms with Gasteiger partial charge in [-0.25, -0.2) is 4.79 Å². The van der Waals surface area contributed by atoms with E-state index in [-0.39, 0.29) is 0 Å². The third-order valence-electron chi connectivity index (χ3n) is 3.60. The van der Waals surface area contributed by atoms with Crippen LogP contribution in [0.2, 0.25) is 0 Å². The number of hydrogen-bond acceptors (Lipinski definition) is 3. The molecule has 22 heavy (non-hydrogen) atoms. The molecule has 0 saturated carbocycles. The Labute approximate surface area is 133 Å². The van der Waals surface area contributed by atoms with Gasteiger partial charge in [-0.05, 0) is 39.3 Å². The first-order chi connectivity index (χ1) is 10.3. The van der Waals surface area contributed by atoms with Crippen molar-refractivity contribution in [1.82, 2.24) is 10.2 Å². The molecular weight excluding hydrogens is 280 g/mol. The smallest absolute Gasteiger partial charge is 0.408 e. The van der Waals surface area contributed by atoms with Crippen LogP contribution >= 0.6 is 0 Å². The number of rotatable bonds is 7. The highest BCUT2D eigenvalue weighted by molar-refractivity contribution is 5.66. The number of carboxylic acid groups (broad SMARTS) is 1. The summed E-state index contributed by atoms with van der Waals surface area (Å²) in [5.74, 6) is 0. The predicted octanol–water partition coefficient (Wildman–Crippen LogP) is 2.35. The topological polar surface area (TPSA) is 72.8 Å². The van der Waals surface area contributed by atoms with Gasteiger partial charge in [0.1, 0.15) is 0 Å². The highest BCUT2D eigenvalue weighted by atomic mass is 16.4. The van der Waals surface area contributed by atoms with Crippen molar-refractivity contribution < 1.29 is 15.0 Å². The van der Waals surface area contributed by atoms with Crippen LogP contribution in [0.1, 0.15) is 33.3 Å². The summed E-state index contributed by atoms with van der Waals surface area (Å²) in [6.07, 6.45) is -1.30. The lowest BCUT2D eigenvalue weighted by molar-refractivity contribution is 0.00802. The first-order valence-electron chi connectivity index (χ1n) is 7.72. The van der Waals surface area contributed by atoms with E-state index < -0.39 is 23.8 Å². The van der Waals surface area contributed by atoms with E-state index in [0.717, 1.165) is 12.1 Å². The summed E-state index contributed by atoms with van der Waals surface area (Å²) >= 11 is 0. The number of aliphatic hydroxyl groups excluding tert-OH is 1. The lowest BCUT2D eigenvalue weighted by Gasteiger charge is -2.42. The Morgan fingerprint density at radius 3 is 2.32 bits per heavy atom. The minimum absolute atomic E-state index is 0.369. The van der Waals surface area contributed by atoms with Crippen LogP contribution in [-0.2, 0) is 6.42 Å². The highest BCUT2D eigenvalue weighted by Crippen LogP contribution is 2.22. The average Bonchev–Trinajstić information content (AvgIpc) is 2.43. The zero-order valence-corrected chi connectivity index (χ0v) is 13.9. The van der Waals surface area contributed by atoms with Gasteiger partial charge in [-0.2, -0.15) is 0 Å². The maximum atomic E-state index is 11.8. The van der Waals surface area contributed by atoms with E-state index in [0.29, 0.717) is 13.0 Å². The predicted molar refractivity (Wildman–Crippen MR) is 88.1 cm³/mol. The van der Waals surface area contributed by atoms with Crippen molar-refractivity contribution in [2.75, 3.05) is 13.1 Å². The van der Waals surface area contributed by atoms with Crippen LogP contribution in [0.3, 0.4) is 0 Å². The molecule has 1 aromatic rings. The van der Waals surface area contributed by atoms with E-state index >= 15 is 0 Å². The lowest BCUT2D eigenvalue weighted by Crippen LogP contribution is -2.58. The Morgan fingerprint density at radius 2 is 1.86 bits per heavy atom. The zero-order valence-electron chi connectivity index (χ0n) is 13.9. The summed E-state index contributed by atoms with van der Waals surface area (Å²) < 4.78 is 0. The van der Waals surface area contributed by atoms with Gasteiger partial charge in [0.25, 0.3) is 0 Å². The van der Waals surface area contributed by atoms with Crippen LogP contribution in [0.5, 0.6) is 0 Å². The van der Waals surface area contributed by atoms with Gasteiger partial charge in [0, 0.05) is 12.1 Å². The van der Waals surface area contributed by atoms with Gasteiger partial charge in [0.2, 0.25) is 0 Å². The van der Waals surface area contributed by atoms with Crippen LogP contribution in [0, 0.1) is 0 Å². The van der Waals surface area contributed by atoms with Crippen molar-refractivity contribution in [3.8, 4) is 0 Å². The third kappa shape index (κ3) is 5.31. The van der Waals surface area contributed by atoms with E-state index in [1.54, 1.807) is 0 Å². The van der Waals surface area contributed by atoms with Gasteiger partial charge in [-0.15, -0.1) is 0 Å². The fourth-order valence-corrected chi connectivity index (χ4v) is 2.61. The van der Waals surface area contributed by atoms with Gasteiger partial charge in [0.15, 0.2) is 0 Å². The monoisotopic (exact) mass is 308 g/mol. The summed E-state index contributed by atoms with van der Waals surface area (Å²) in [6, 6.07) is 9.17. The minimum Gasteiger partial charge on any atom is -0.465 e. The molecule has 1 aromatic carbocycles. The molecule has 1 rings (SSSR count). The van der Waals surface area contributed by atoms with Crippen molar-refractivity contribution in [3.05, 3.63) is 35.9 Å². The van der Waals surface area contributed by atoms with Gasteiger partial charge in [-0.3, -0.25) is 4.90 Å². The lowest BCUT2D eigenvalue weighted by atomic mass is 9.94. The number of hydrogen-bond donors (Lipinski definition) is 3. The van der Waals surface area contributed by atoms with Crippen molar-refractivity contribution in [2.24, 2.45) is 0 Å². The second kappa shape index (κ2) is 8.15. The molecule has 0 aliphatic carbocycles. The largest absolute Gasteiger partial charge is 0.465 e. The number of aliphatic hydroxyl groups is 1. The van der Waals surface area contributed by atoms with Gasteiger partial charge < -0.3 is 15.5 Å². The van der Waals surface area contributed by atoms with Crippen LogP contribution in [0.15, 0.2) is 30.3 Å². The summed E-state index contributed by atoms with van der Waals surface area (Å²) in [7, 11) is 0. The van der Waals surface area contributed by atoms with Gasteiger partial charge in [-0.1, -0.05) is 37.3 Å². The number of carbonyl (C=O) groups is 1. The average molecular weight is 308 g/mol. The van der Waals surface area contributed by atoms with E-state index in [1.807, 2.05) is 58.0 Å². The quantitative estimate of drug-likeness (QED) is 0.723. The Bertz CT molecular complexity index is 457. The molecular formula is C17H28N2O3. The fraction of sp³-hybridized carbons (Fsp3) is 0.588. The van der Waals surface area contributed by atoms with Crippen molar-refractivity contribution >= 4 is 6.09 Å². The van der Waals surface area contributed by atoms with Crippen LogP contribution < -0.4 is 5.32 Å². The van der Waals surface area contributed by atoms with Gasteiger partial charge in [0.05, 0.1) is 12.1 Å². The minimum atomic E-state index is -1.01. The second-order valence-electron chi connectivity index (χ2n) is 6.46. The van der Waals surface area contributed by atoms with Crippen LogP contribution in [-0.4, -0.2) is 52.0 Å². The molecule has 0 radical (unpaired) electrons. The number of likely N-dealkylation sites (N-methyl/N-ethyl adjacent to an activating group) is 1. The maximum absolute atomic E-state index is 11.8. The molecule has 2 atom stereocenters. The molecule has 0 saturated heterocycles. The van der Waals surface area contributed by atoms with E-state index in [4.69, 9.17) is 0 Å². The molecule has 0 aromatic heterocycles. The Morgan fingerprint density at radius 1 is 1.27 bits per heavy atom. The fourth-order valence-electron chi connectivity index (χ4n) is 2.61. The summed E-state index contributed by atoms with van der Waals surface area (Å²) in [5, 5.41) is 23.2. The molecule has 0 fully saturated rings. The normalized spacial score (nSPS) is 14.4. The van der Waals surface area contributed by atoms with E-state index in [2.05, 4.69) is 5.32 Å². The molecule has 5 heteroatoms. The molecule has 0 unspecified atom stereocenters. The molecule has 5 nitrogen and oxygen atoms in total. The second-order valence-corrected chi connectivity index (χ2v) is 6.46. The third-order valence-corrected chi connectivity index (χ3v) is 3.60. The number of amides is 1. The van der Waals surface area contributed by atoms with Crippen LogP contribution in [0.25, 0.3) is 0 Å². The molecule has 0 heterocycles. The standard InChI is InChI=1S/C17H28N2O3/c1-5-18-12-15(20)14(11-13-9-7-6-8-10-13)19(16(21)22)17(2,3)4/h6-10,14-15,18,20H,5,11-12H2,1-4H3,(H,21,22)/t14-,15+/m0/s1. The Hall–Kier alpha value is -1.59. The Kier molecular flexibility index (Phi) is 6.84. The number of nitrogens with one attached hydrogen (secondary N) is 1. The molecule has 3 N–H and O–H groups in total. The summed E-state index contributed by atoms with van der Waals surface area (Å²) in [4.78, 5) is 13.1. The SMILES string of the molecule is CCNC[C@@H](O)[C@H](Cc1ccccc1)N(C(=O)O)C(C)(C)C. The Balaban J connectivity index is 3.05. The molecule has 0 aliphatic rings. The molecule has 0 bridgehead atoms. The summed E-state index contributed by atoms with van der Waals surface area (Å²) in [5.41, 5.74) is 0.428. The molecule has 124 valence electrons. The van der Waals surface area contributed by atoms with E-state index in [9.17, 15) is 15.0 Å². The van der Waals surface area contributed by atoms with Crippen molar-refractivity contribution in [3.63, 3.8) is 0 Å². The highest BCUT2D eigenvalue weighted by Gasteiger charge is 2.37. The first-order valence-corrected chi connectivity index (χ1v) is 7.72. The zero-order chi connectivity index (χ0) is 16.8. The number of benzene rings is 1. The van der Waals surface area contributed by atoms with Crippen LogP contribution in [0.4, 0.5) is 4.79 Å².